The number of para-hydroxylation sites is 3. The number of anilines is 2. The highest BCUT2D eigenvalue weighted by molar-refractivity contribution is 6.46. The summed E-state index contributed by atoms with van der Waals surface area (Å²) in [7, 11) is 0. The van der Waals surface area contributed by atoms with E-state index >= 15 is 0 Å². The van der Waals surface area contributed by atoms with Crippen molar-refractivity contribution in [1.82, 2.24) is 4.57 Å². The van der Waals surface area contributed by atoms with Gasteiger partial charge in [0, 0.05) is 11.4 Å². The van der Waals surface area contributed by atoms with Crippen LogP contribution in [0.15, 0.2) is 90.5 Å². The SMILES string of the molecule is Cc1cccc(C)c1-n1c(C)cc(C=C2C(=O)N(c3ccccc3)C(=O)N(c3ccccc3)C2=O)c1C. The lowest BCUT2D eigenvalue weighted by Crippen LogP contribution is -2.57. The summed E-state index contributed by atoms with van der Waals surface area (Å²) in [6.45, 7) is 8.10. The predicted molar refractivity (Wildman–Crippen MR) is 146 cm³/mol. The van der Waals surface area contributed by atoms with Crippen LogP contribution in [0.3, 0.4) is 0 Å². The van der Waals surface area contributed by atoms with Crippen LogP contribution in [0.25, 0.3) is 11.8 Å². The molecule has 184 valence electrons. The van der Waals surface area contributed by atoms with Gasteiger partial charge in [-0.25, -0.2) is 14.6 Å². The Morgan fingerprint density at radius 2 is 1.11 bits per heavy atom. The molecule has 0 saturated carbocycles. The Labute approximate surface area is 216 Å². The van der Waals surface area contributed by atoms with E-state index in [-0.39, 0.29) is 5.57 Å². The molecule has 0 spiro atoms. The smallest absolute Gasteiger partial charge is 0.317 e. The van der Waals surface area contributed by atoms with Crippen LogP contribution in [0.2, 0.25) is 0 Å². The molecule has 4 aromatic rings. The first-order valence-electron chi connectivity index (χ1n) is 12.1. The summed E-state index contributed by atoms with van der Waals surface area (Å²) in [6, 6.07) is 24.8. The number of aryl methyl sites for hydroxylation is 3. The molecule has 0 radical (unpaired) electrons. The molecule has 6 heteroatoms. The number of urea groups is 1. The number of rotatable bonds is 4. The molecule has 0 N–H and O–H groups in total. The highest BCUT2D eigenvalue weighted by atomic mass is 16.2. The van der Waals surface area contributed by atoms with Crippen molar-refractivity contribution in [3.05, 3.63) is 119 Å². The van der Waals surface area contributed by atoms with Crippen molar-refractivity contribution in [3.8, 4) is 5.69 Å². The third-order valence-corrected chi connectivity index (χ3v) is 6.71. The minimum Gasteiger partial charge on any atom is -0.317 e. The maximum absolute atomic E-state index is 13.7. The number of carbonyl (C=O) groups excluding carboxylic acids is 3. The Bertz CT molecular complexity index is 1480. The quantitative estimate of drug-likeness (QED) is 0.250. The van der Waals surface area contributed by atoms with Crippen molar-refractivity contribution in [1.29, 1.82) is 0 Å². The lowest BCUT2D eigenvalue weighted by atomic mass is 10.0. The standard InChI is InChI=1S/C31H27N3O3/c1-20-12-11-13-21(2)28(20)32-22(3)18-24(23(32)4)19-27-29(35)33(25-14-7-5-8-15-25)31(37)34(30(27)36)26-16-9-6-10-17-26/h5-19H,1-4H3. The van der Waals surface area contributed by atoms with Crippen molar-refractivity contribution in [2.45, 2.75) is 27.7 Å². The lowest BCUT2D eigenvalue weighted by Gasteiger charge is -2.33. The Kier molecular flexibility index (Phi) is 6.09. The Hall–Kier alpha value is -4.71. The fourth-order valence-corrected chi connectivity index (χ4v) is 4.93. The molecule has 1 aliphatic rings. The van der Waals surface area contributed by atoms with Gasteiger partial charge in [0.2, 0.25) is 0 Å². The van der Waals surface area contributed by atoms with Crippen molar-refractivity contribution in [2.75, 3.05) is 9.80 Å². The van der Waals surface area contributed by atoms with Crippen molar-refractivity contribution in [3.63, 3.8) is 0 Å². The van der Waals surface area contributed by atoms with Gasteiger partial charge < -0.3 is 4.57 Å². The average Bonchev–Trinajstić information content (AvgIpc) is 3.16. The van der Waals surface area contributed by atoms with Crippen LogP contribution in [0.4, 0.5) is 16.2 Å². The zero-order valence-corrected chi connectivity index (χ0v) is 21.2. The van der Waals surface area contributed by atoms with Gasteiger partial charge in [-0.15, -0.1) is 0 Å². The number of aromatic nitrogens is 1. The van der Waals surface area contributed by atoms with Gasteiger partial charge in [-0.2, -0.15) is 0 Å². The molecule has 4 amide bonds. The van der Waals surface area contributed by atoms with Crippen molar-refractivity contribution < 1.29 is 14.4 Å². The minimum atomic E-state index is -0.703. The summed E-state index contributed by atoms with van der Waals surface area (Å²) < 4.78 is 2.14. The van der Waals surface area contributed by atoms with Crippen molar-refractivity contribution >= 4 is 35.3 Å². The van der Waals surface area contributed by atoms with Crippen LogP contribution in [0.5, 0.6) is 0 Å². The molecule has 0 unspecified atom stereocenters. The van der Waals surface area contributed by atoms with Gasteiger partial charge in [0.05, 0.1) is 17.1 Å². The molecule has 1 aromatic heterocycles. The van der Waals surface area contributed by atoms with Gasteiger partial charge in [0.1, 0.15) is 5.57 Å². The second kappa shape index (κ2) is 9.39. The highest BCUT2D eigenvalue weighted by Crippen LogP contribution is 2.32. The number of hydrogen-bond acceptors (Lipinski definition) is 3. The van der Waals surface area contributed by atoms with E-state index in [9.17, 15) is 14.4 Å². The van der Waals surface area contributed by atoms with Crippen LogP contribution < -0.4 is 9.80 Å². The number of imide groups is 2. The molecule has 1 fully saturated rings. The topological polar surface area (TPSA) is 62.6 Å². The molecule has 5 rings (SSSR count). The number of nitrogens with zero attached hydrogens (tertiary/aromatic N) is 3. The van der Waals surface area contributed by atoms with E-state index in [0.717, 1.165) is 43.6 Å². The van der Waals surface area contributed by atoms with Crippen LogP contribution in [0.1, 0.15) is 28.1 Å². The lowest BCUT2D eigenvalue weighted by molar-refractivity contribution is -0.121. The highest BCUT2D eigenvalue weighted by Gasteiger charge is 2.43. The van der Waals surface area contributed by atoms with Crippen LogP contribution in [-0.4, -0.2) is 22.4 Å². The van der Waals surface area contributed by atoms with Gasteiger partial charge in [-0.05, 0) is 80.8 Å². The van der Waals surface area contributed by atoms with Gasteiger partial charge in [0.15, 0.2) is 0 Å². The van der Waals surface area contributed by atoms with Crippen molar-refractivity contribution in [2.24, 2.45) is 0 Å². The number of hydrogen-bond donors (Lipinski definition) is 0. The average molecular weight is 490 g/mol. The van der Waals surface area contributed by atoms with Crippen LogP contribution in [0, 0.1) is 27.7 Å². The van der Waals surface area contributed by atoms with Crippen LogP contribution >= 0.6 is 0 Å². The van der Waals surface area contributed by atoms with Gasteiger partial charge in [-0.3, -0.25) is 9.59 Å². The summed E-state index contributed by atoms with van der Waals surface area (Å²) in [5.74, 6) is -1.30. The second-order valence-electron chi connectivity index (χ2n) is 9.20. The maximum Gasteiger partial charge on any atom is 0.343 e. The third-order valence-electron chi connectivity index (χ3n) is 6.71. The molecule has 0 atom stereocenters. The van der Waals surface area contributed by atoms with Gasteiger partial charge >= 0.3 is 6.03 Å². The Balaban J connectivity index is 1.68. The zero-order chi connectivity index (χ0) is 26.3. The van der Waals surface area contributed by atoms with E-state index in [1.807, 2.05) is 38.1 Å². The fraction of sp³-hybridized carbons (Fsp3) is 0.129. The molecule has 37 heavy (non-hydrogen) atoms. The number of benzene rings is 3. The number of carbonyl (C=O) groups is 3. The molecule has 1 saturated heterocycles. The molecular formula is C31H27N3O3. The Morgan fingerprint density at radius 1 is 0.622 bits per heavy atom. The molecular weight excluding hydrogens is 462 g/mol. The van der Waals surface area contributed by atoms with E-state index < -0.39 is 17.8 Å². The summed E-state index contributed by atoms with van der Waals surface area (Å²) in [5.41, 5.74) is 6.68. The maximum atomic E-state index is 13.7. The van der Waals surface area contributed by atoms with E-state index in [1.54, 1.807) is 54.6 Å². The van der Waals surface area contributed by atoms with E-state index in [4.69, 9.17) is 0 Å². The third kappa shape index (κ3) is 4.06. The fourth-order valence-electron chi connectivity index (χ4n) is 4.93. The van der Waals surface area contributed by atoms with E-state index in [0.29, 0.717) is 11.4 Å². The molecule has 0 aliphatic carbocycles. The van der Waals surface area contributed by atoms with Gasteiger partial charge in [-0.1, -0.05) is 54.6 Å². The summed E-state index contributed by atoms with van der Waals surface area (Å²) in [4.78, 5) is 43.0. The number of barbiturate groups is 1. The molecule has 1 aliphatic heterocycles. The first-order valence-corrected chi connectivity index (χ1v) is 12.1. The van der Waals surface area contributed by atoms with Crippen LogP contribution in [-0.2, 0) is 9.59 Å². The van der Waals surface area contributed by atoms with E-state index in [1.165, 1.54) is 0 Å². The Morgan fingerprint density at radius 3 is 1.59 bits per heavy atom. The largest absolute Gasteiger partial charge is 0.343 e. The summed E-state index contributed by atoms with van der Waals surface area (Å²) >= 11 is 0. The van der Waals surface area contributed by atoms with E-state index in [2.05, 4.69) is 30.5 Å². The molecule has 2 heterocycles. The minimum absolute atomic E-state index is 0.0749. The van der Waals surface area contributed by atoms with Gasteiger partial charge in [0.25, 0.3) is 11.8 Å². The zero-order valence-electron chi connectivity index (χ0n) is 21.2. The monoisotopic (exact) mass is 489 g/mol. The first-order chi connectivity index (χ1) is 17.8. The molecule has 3 aromatic carbocycles. The molecule has 6 nitrogen and oxygen atoms in total. The molecule has 0 bridgehead atoms. The summed E-state index contributed by atoms with van der Waals surface area (Å²) in [6.07, 6.45) is 1.61. The number of amides is 4. The first kappa shape index (κ1) is 24.0. The summed E-state index contributed by atoms with van der Waals surface area (Å²) in [5, 5.41) is 0. The second-order valence-corrected chi connectivity index (χ2v) is 9.20. The predicted octanol–water partition coefficient (Wildman–Crippen LogP) is 6.29. The normalized spacial score (nSPS) is 13.9.